The summed E-state index contributed by atoms with van der Waals surface area (Å²) in [5.74, 6) is -0.547. The minimum atomic E-state index is -0.401. The lowest BCUT2D eigenvalue weighted by atomic mass is 10.1. The number of hydrogen-bond acceptors (Lipinski definition) is 6. The number of aromatic nitrogens is 5. The molecular formula is C21H20ClN7O3. The first-order valence-corrected chi connectivity index (χ1v) is 10.5. The topological polar surface area (TPSA) is 118 Å². The molecule has 0 saturated carbocycles. The number of carbonyl (C=O) groups excluding carboxylic acids is 2. The van der Waals surface area contributed by atoms with E-state index in [1.807, 2.05) is 19.2 Å². The molecule has 0 aliphatic carbocycles. The van der Waals surface area contributed by atoms with Crippen LogP contribution in [-0.2, 0) is 16.6 Å². The van der Waals surface area contributed by atoms with Gasteiger partial charge in [0.25, 0.3) is 5.91 Å². The number of H-pyrrole nitrogens is 1. The van der Waals surface area contributed by atoms with E-state index in [0.29, 0.717) is 59.4 Å². The first-order valence-electron chi connectivity index (χ1n) is 10.1. The number of amides is 2. The molecule has 1 fully saturated rings. The summed E-state index contributed by atoms with van der Waals surface area (Å²) in [5.41, 5.74) is 3.23. The van der Waals surface area contributed by atoms with Gasteiger partial charge in [0.05, 0.1) is 37.0 Å². The van der Waals surface area contributed by atoms with Crippen LogP contribution in [0.5, 0.6) is 0 Å². The van der Waals surface area contributed by atoms with Crippen LogP contribution in [-0.4, -0.2) is 74.3 Å². The van der Waals surface area contributed by atoms with Crippen molar-refractivity contribution >= 4 is 45.5 Å². The van der Waals surface area contributed by atoms with Gasteiger partial charge in [-0.05, 0) is 18.2 Å². The lowest BCUT2D eigenvalue weighted by molar-refractivity contribution is -0.134. The van der Waals surface area contributed by atoms with E-state index < -0.39 is 5.91 Å². The van der Waals surface area contributed by atoms with E-state index in [2.05, 4.69) is 25.4 Å². The number of benzene rings is 1. The Morgan fingerprint density at radius 2 is 2.09 bits per heavy atom. The fourth-order valence-corrected chi connectivity index (χ4v) is 3.94. The van der Waals surface area contributed by atoms with E-state index in [0.717, 1.165) is 10.9 Å². The number of aryl methyl sites for hydroxylation is 1. The lowest BCUT2D eigenvalue weighted by Gasteiger charge is -2.26. The molecule has 0 atom stereocenters. The molecule has 11 heteroatoms. The van der Waals surface area contributed by atoms with Gasteiger partial charge in [-0.25, -0.2) is 9.97 Å². The second kappa shape index (κ2) is 8.21. The van der Waals surface area contributed by atoms with Crippen molar-refractivity contribution < 1.29 is 14.3 Å². The van der Waals surface area contributed by atoms with E-state index in [1.54, 1.807) is 28.0 Å². The van der Waals surface area contributed by atoms with Gasteiger partial charge in [0.15, 0.2) is 5.65 Å². The third-order valence-electron chi connectivity index (χ3n) is 5.45. The average Bonchev–Trinajstić information content (AvgIpc) is 3.38. The second-order valence-corrected chi connectivity index (χ2v) is 7.90. The molecule has 1 aliphatic rings. The third kappa shape index (κ3) is 3.67. The highest BCUT2D eigenvalue weighted by molar-refractivity contribution is 6.31. The first-order chi connectivity index (χ1) is 15.5. The first kappa shape index (κ1) is 20.4. The van der Waals surface area contributed by atoms with E-state index in [9.17, 15) is 9.59 Å². The van der Waals surface area contributed by atoms with Crippen molar-refractivity contribution in [3.63, 3.8) is 0 Å². The fourth-order valence-electron chi connectivity index (χ4n) is 3.77. The van der Waals surface area contributed by atoms with Gasteiger partial charge in [-0.2, -0.15) is 5.10 Å². The molecule has 4 heterocycles. The number of rotatable bonds is 4. The van der Waals surface area contributed by atoms with Gasteiger partial charge in [-0.15, -0.1) is 0 Å². The maximum Gasteiger partial charge on any atom is 0.255 e. The molecule has 2 N–H and O–H groups in total. The minimum Gasteiger partial charge on any atom is -0.378 e. The van der Waals surface area contributed by atoms with Gasteiger partial charge in [0.1, 0.15) is 16.9 Å². The van der Waals surface area contributed by atoms with Crippen molar-refractivity contribution in [3.05, 3.63) is 41.2 Å². The molecule has 164 valence electrons. The van der Waals surface area contributed by atoms with Gasteiger partial charge in [-0.1, -0.05) is 11.6 Å². The zero-order valence-corrected chi connectivity index (χ0v) is 18.0. The molecular weight excluding hydrogens is 434 g/mol. The van der Waals surface area contributed by atoms with Crippen molar-refractivity contribution in [1.82, 2.24) is 34.9 Å². The van der Waals surface area contributed by atoms with Crippen LogP contribution in [0.1, 0.15) is 10.4 Å². The van der Waals surface area contributed by atoms with Gasteiger partial charge < -0.3 is 19.9 Å². The van der Waals surface area contributed by atoms with Crippen molar-refractivity contribution in [3.8, 4) is 11.4 Å². The number of nitrogens with zero attached hydrogens (tertiary/aromatic N) is 5. The molecule has 0 spiro atoms. The zero-order valence-electron chi connectivity index (χ0n) is 17.3. The van der Waals surface area contributed by atoms with Crippen LogP contribution in [0.3, 0.4) is 0 Å². The van der Waals surface area contributed by atoms with Gasteiger partial charge in [0.2, 0.25) is 5.91 Å². The Kier molecular flexibility index (Phi) is 5.24. The number of fused-ring (bicyclic) bond motifs is 2. The van der Waals surface area contributed by atoms with Crippen molar-refractivity contribution in [1.29, 1.82) is 0 Å². The molecule has 10 nitrogen and oxygen atoms in total. The summed E-state index contributed by atoms with van der Waals surface area (Å²) in [6.07, 6.45) is 3.15. The van der Waals surface area contributed by atoms with E-state index in [1.165, 1.54) is 0 Å². The summed E-state index contributed by atoms with van der Waals surface area (Å²) < 4.78 is 6.98. The Morgan fingerprint density at radius 1 is 1.28 bits per heavy atom. The number of nitrogens with one attached hydrogen (secondary N) is 2. The molecule has 1 saturated heterocycles. The molecule has 2 amide bonds. The lowest BCUT2D eigenvalue weighted by Crippen LogP contribution is -2.45. The average molecular weight is 454 g/mol. The van der Waals surface area contributed by atoms with Crippen molar-refractivity contribution in [2.75, 3.05) is 32.8 Å². The van der Waals surface area contributed by atoms with Gasteiger partial charge >= 0.3 is 0 Å². The number of aromatic amines is 1. The monoisotopic (exact) mass is 453 g/mol. The quantitative estimate of drug-likeness (QED) is 0.486. The van der Waals surface area contributed by atoms with Crippen LogP contribution in [0.15, 0.2) is 30.6 Å². The summed E-state index contributed by atoms with van der Waals surface area (Å²) >= 11 is 6.12. The van der Waals surface area contributed by atoms with Crippen LogP contribution in [0, 0.1) is 0 Å². The predicted octanol–water partition coefficient (Wildman–Crippen LogP) is 1.75. The third-order valence-corrected chi connectivity index (χ3v) is 5.68. The predicted molar refractivity (Wildman–Crippen MR) is 118 cm³/mol. The van der Waals surface area contributed by atoms with Crippen LogP contribution >= 0.6 is 11.6 Å². The summed E-state index contributed by atoms with van der Waals surface area (Å²) in [6, 6.07) is 5.51. The second-order valence-electron chi connectivity index (χ2n) is 7.46. The van der Waals surface area contributed by atoms with E-state index in [-0.39, 0.29) is 12.5 Å². The molecule has 0 unspecified atom stereocenters. The largest absolute Gasteiger partial charge is 0.378 e. The maximum absolute atomic E-state index is 12.8. The van der Waals surface area contributed by atoms with Crippen LogP contribution in [0.25, 0.3) is 33.5 Å². The number of halogens is 1. The molecule has 32 heavy (non-hydrogen) atoms. The highest BCUT2D eigenvalue weighted by Gasteiger charge is 2.21. The molecule has 3 aromatic heterocycles. The molecule has 5 rings (SSSR count). The standard InChI is InChI=1S/C21H20ClN7O3/c1-28-16-8-12(22)2-3-13(16)18(27-28)15-10-24-20-19(26-15)14(9-23-20)21(31)25-11-17(30)29-4-6-32-7-5-29/h2-3,8-10H,4-7,11H2,1H3,(H,23,24)(H,25,31). The molecule has 1 aliphatic heterocycles. The number of carbonyl (C=O) groups is 2. The Morgan fingerprint density at radius 3 is 2.91 bits per heavy atom. The van der Waals surface area contributed by atoms with Gasteiger partial charge in [0, 0.05) is 36.7 Å². The fraction of sp³-hybridized carbons (Fsp3) is 0.286. The molecule has 1 aromatic carbocycles. The normalized spacial score (nSPS) is 14.2. The summed E-state index contributed by atoms with van der Waals surface area (Å²) in [5, 5.41) is 8.74. The summed E-state index contributed by atoms with van der Waals surface area (Å²) in [4.78, 5) is 38.8. The van der Waals surface area contributed by atoms with E-state index >= 15 is 0 Å². The highest BCUT2D eigenvalue weighted by Crippen LogP contribution is 2.29. The SMILES string of the molecule is Cn1nc(-c2cnc3[nH]cc(C(=O)NCC(=O)N4CCOCC4)c3n2)c2ccc(Cl)cc21. The molecule has 0 bridgehead atoms. The number of morpholine rings is 1. The Bertz CT molecular complexity index is 1340. The molecule has 0 radical (unpaired) electrons. The minimum absolute atomic E-state index is 0.0930. The van der Waals surface area contributed by atoms with E-state index in [4.69, 9.17) is 16.3 Å². The Labute approximate surface area is 187 Å². The van der Waals surface area contributed by atoms with Crippen LogP contribution in [0.2, 0.25) is 5.02 Å². The van der Waals surface area contributed by atoms with Gasteiger partial charge in [-0.3, -0.25) is 14.3 Å². The zero-order chi connectivity index (χ0) is 22.2. The van der Waals surface area contributed by atoms with Crippen molar-refractivity contribution in [2.45, 2.75) is 0 Å². The smallest absolute Gasteiger partial charge is 0.255 e. The summed E-state index contributed by atoms with van der Waals surface area (Å²) in [7, 11) is 1.83. The van der Waals surface area contributed by atoms with Crippen LogP contribution < -0.4 is 5.32 Å². The molecule has 4 aromatic rings. The maximum atomic E-state index is 12.8. The Hall–Kier alpha value is -3.50. The highest BCUT2D eigenvalue weighted by atomic mass is 35.5. The number of ether oxygens (including phenoxy) is 1. The Balaban J connectivity index is 1.42. The van der Waals surface area contributed by atoms with Crippen molar-refractivity contribution in [2.24, 2.45) is 7.05 Å². The van der Waals surface area contributed by atoms with Crippen LogP contribution in [0.4, 0.5) is 0 Å². The number of hydrogen-bond donors (Lipinski definition) is 2. The summed E-state index contributed by atoms with van der Waals surface area (Å²) in [6.45, 7) is 1.98.